The van der Waals surface area contributed by atoms with Crippen LogP contribution in [0.4, 0.5) is 32.4 Å². The molecule has 0 bridgehead atoms. The van der Waals surface area contributed by atoms with Gasteiger partial charge in [0.05, 0.1) is 17.2 Å². The number of nitrogens with zero attached hydrogens (tertiary/aromatic N) is 3. The predicted molar refractivity (Wildman–Crippen MR) is 132 cm³/mol. The minimum absolute atomic E-state index is 0.0134. The maximum Gasteiger partial charge on any atom is 0.419 e. The Kier molecular flexibility index (Phi) is 7.07. The monoisotopic (exact) mass is 532 g/mol. The lowest BCUT2D eigenvalue weighted by atomic mass is 9.80. The fourth-order valence-corrected chi connectivity index (χ4v) is 6.25. The summed E-state index contributed by atoms with van der Waals surface area (Å²) in [4.78, 5) is 17.0. The van der Waals surface area contributed by atoms with Gasteiger partial charge in [0.15, 0.2) is 0 Å². The molecule has 2 aromatic carbocycles. The van der Waals surface area contributed by atoms with E-state index < -0.39 is 29.8 Å². The molecule has 3 fully saturated rings. The number of nitriles is 1. The van der Waals surface area contributed by atoms with Crippen molar-refractivity contribution in [1.82, 2.24) is 9.80 Å². The summed E-state index contributed by atoms with van der Waals surface area (Å²) in [5.74, 6) is -1.07. The van der Waals surface area contributed by atoms with Crippen molar-refractivity contribution >= 4 is 11.7 Å². The Morgan fingerprint density at radius 1 is 1.21 bits per heavy atom. The molecule has 2 aromatic rings. The molecular formula is C28H29F5N4O. The maximum absolute atomic E-state index is 13.8. The van der Waals surface area contributed by atoms with Crippen LogP contribution in [-0.2, 0) is 11.6 Å². The molecule has 1 saturated heterocycles. The molecule has 0 radical (unpaired) electrons. The quantitative estimate of drug-likeness (QED) is 0.457. The summed E-state index contributed by atoms with van der Waals surface area (Å²) >= 11 is 0. The summed E-state index contributed by atoms with van der Waals surface area (Å²) < 4.78 is 67.0. The molecule has 3 aliphatic rings. The molecule has 1 heterocycles. The highest BCUT2D eigenvalue weighted by Crippen LogP contribution is 2.62. The van der Waals surface area contributed by atoms with Crippen molar-refractivity contribution in [3.63, 3.8) is 0 Å². The van der Waals surface area contributed by atoms with Gasteiger partial charge in [0.25, 0.3) is 0 Å². The van der Waals surface area contributed by atoms with Crippen molar-refractivity contribution in [3.05, 3.63) is 65.0 Å². The van der Waals surface area contributed by atoms with Crippen LogP contribution < -0.4 is 5.32 Å². The predicted octanol–water partition coefficient (Wildman–Crippen LogP) is 6.10. The van der Waals surface area contributed by atoms with Gasteiger partial charge in [-0.1, -0.05) is 12.1 Å². The molecule has 202 valence electrons. The molecule has 0 aromatic heterocycles. The Bertz CT molecular complexity index is 1240. The van der Waals surface area contributed by atoms with Crippen LogP contribution in [0.2, 0.25) is 0 Å². The third kappa shape index (κ3) is 5.35. The van der Waals surface area contributed by atoms with E-state index in [-0.39, 0.29) is 17.1 Å². The number of amides is 2. The Morgan fingerprint density at radius 3 is 2.71 bits per heavy atom. The zero-order valence-corrected chi connectivity index (χ0v) is 20.8. The highest BCUT2D eigenvalue weighted by atomic mass is 19.4. The van der Waals surface area contributed by atoms with Gasteiger partial charge < -0.3 is 10.2 Å². The van der Waals surface area contributed by atoms with Crippen LogP contribution in [0, 0.1) is 23.1 Å². The number of benzene rings is 2. The average molecular weight is 533 g/mol. The largest absolute Gasteiger partial charge is 0.419 e. The topological polar surface area (TPSA) is 59.4 Å². The first-order chi connectivity index (χ1) is 18.1. The van der Waals surface area contributed by atoms with E-state index in [4.69, 9.17) is 0 Å². The number of fused-ring (bicyclic) bond motifs is 1. The zero-order chi connectivity index (χ0) is 27.1. The van der Waals surface area contributed by atoms with Crippen molar-refractivity contribution < 1.29 is 26.7 Å². The standard InChI is InChI=1S/C28H29F5N4O/c29-21-7-9-36(17-21)10-11-37(26(38)35-22-4-5-25(30)24(14-22)28(31,32)33)23-6-8-27(15-20(27)13-23)19-3-1-2-18(12-19)16-34/h1-5,12,14,20-21,23H,6-11,13,15,17H2,(H,35,38)/t20-,21?,23+,27+/m0/s1. The molecular weight excluding hydrogens is 503 g/mol. The smallest absolute Gasteiger partial charge is 0.320 e. The van der Waals surface area contributed by atoms with Crippen molar-refractivity contribution in [2.75, 3.05) is 31.5 Å². The van der Waals surface area contributed by atoms with E-state index in [9.17, 15) is 32.0 Å². The van der Waals surface area contributed by atoms with E-state index in [2.05, 4.69) is 11.4 Å². The lowest BCUT2D eigenvalue weighted by Gasteiger charge is -2.37. The van der Waals surface area contributed by atoms with Gasteiger partial charge in [0.2, 0.25) is 0 Å². The molecule has 1 N–H and O–H groups in total. The normalized spacial score (nSPS) is 26.9. The minimum atomic E-state index is -4.88. The molecule has 10 heteroatoms. The molecule has 38 heavy (non-hydrogen) atoms. The SMILES string of the molecule is N#Cc1cccc([C@]23CC[C@@H](N(CCN4CCC(F)C4)C(=O)Nc4ccc(F)c(C(F)(F)F)c4)C[C@H]2C3)c1. The molecule has 0 spiro atoms. The van der Waals surface area contributed by atoms with E-state index in [1.807, 2.05) is 23.1 Å². The molecule has 2 aliphatic carbocycles. The van der Waals surface area contributed by atoms with Gasteiger partial charge in [0, 0.05) is 37.9 Å². The van der Waals surface area contributed by atoms with Crippen molar-refractivity contribution in [1.29, 1.82) is 5.26 Å². The van der Waals surface area contributed by atoms with Crippen molar-refractivity contribution in [3.8, 4) is 6.07 Å². The second kappa shape index (κ2) is 10.2. The Labute approximate surface area is 218 Å². The van der Waals surface area contributed by atoms with Gasteiger partial charge in [-0.3, -0.25) is 4.90 Å². The first kappa shape index (κ1) is 26.4. The van der Waals surface area contributed by atoms with E-state index in [1.165, 1.54) is 0 Å². The van der Waals surface area contributed by atoms with Crippen LogP contribution in [0.5, 0.6) is 0 Å². The molecule has 5 nitrogen and oxygen atoms in total. The van der Waals surface area contributed by atoms with Crippen molar-refractivity contribution in [2.24, 2.45) is 5.92 Å². The maximum atomic E-state index is 13.8. The van der Waals surface area contributed by atoms with Gasteiger partial charge in [-0.15, -0.1) is 0 Å². The number of likely N-dealkylation sites (tertiary alicyclic amines) is 1. The highest BCUT2D eigenvalue weighted by molar-refractivity contribution is 5.89. The van der Waals surface area contributed by atoms with E-state index in [0.29, 0.717) is 62.6 Å². The Morgan fingerprint density at radius 2 is 2.03 bits per heavy atom. The van der Waals surface area contributed by atoms with Gasteiger partial charge in [0.1, 0.15) is 12.0 Å². The molecule has 2 amide bonds. The van der Waals surface area contributed by atoms with Gasteiger partial charge >= 0.3 is 12.2 Å². The summed E-state index contributed by atoms with van der Waals surface area (Å²) in [5.41, 5.74) is 0.157. The number of nitrogens with one attached hydrogen (secondary N) is 1. The summed E-state index contributed by atoms with van der Waals surface area (Å²) in [6, 6.07) is 11.5. The van der Waals surface area contributed by atoms with Gasteiger partial charge in [-0.25, -0.2) is 13.6 Å². The van der Waals surface area contributed by atoms with E-state index in [0.717, 1.165) is 30.9 Å². The fraction of sp³-hybridized carbons (Fsp3) is 0.500. The number of hydrogen-bond acceptors (Lipinski definition) is 3. The van der Waals surface area contributed by atoms with Crippen LogP contribution in [0.25, 0.3) is 0 Å². The lowest BCUT2D eigenvalue weighted by molar-refractivity contribution is -0.139. The van der Waals surface area contributed by atoms with Crippen LogP contribution in [0.3, 0.4) is 0 Å². The van der Waals surface area contributed by atoms with Crippen LogP contribution >= 0.6 is 0 Å². The highest BCUT2D eigenvalue weighted by Gasteiger charge is 2.58. The minimum Gasteiger partial charge on any atom is -0.320 e. The van der Waals surface area contributed by atoms with Crippen LogP contribution in [0.15, 0.2) is 42.5 Å². The number of rotatable bonds is 6. The second-order valence-corrected chi connectivity index (χ2v) is 10.7. The number of carbonyl (C=O) groups excluding carboxylic acids is 1. The number of carbonyl (C=O) groups is 1. The summed E-state index contributed by atoms with van der Waals surface area (Å²) in [7, 11) is 0. The molecule has 1 unspecified atom stereocenters. The number of halogens is 5. The summed E-state index contributed by atoms with van der Waals surface area (Å²) in [6.45, 7) is 1.66. The van der Waals surface area contributed by atoms with E-state index >= 15 is 0 Å². The lowest BCUT2D eigenvalue weighted by Crippen LogP contribution is -2.48. The third-order valence-corrected chi connectivity index (χ3v) is 8.38. The number of anilines is 1. The molecule has 1 aliphatic heterocycles. The summed E-state index contributed by atoms with van der Waals surface area (Å²) in [5, 5.41) is 11.8. The number of alkyl halides is 4. The van der Waals surface area contributed by atoms with E-state index in [1.54, 1.807) is 11.0 Å². The average Bonchev–Trinajstić information content (AvgIpc) is 3.49. The number of urea groups is 1. The first-order valence-corrected chi connectivity index (χ1v) is 12.9. The first-order valence-electron chi connectivity index (χ1n) is 12.9. The Balaban J connectivity index is 1.32. The summed E-state index contributed by atoms with van der Waals surface area (Å²) in [6.07, 6.45) is -2.13. The fourth-order valence-electron chi connectivity index (χ4n) is 6.25. The zero-order valence-electron chi connectivity index (χ0n) is 20.8. The van der Waals surface area contributed by atoms with Gasteiger partial charge in [-0.05, 0) is 79.3 Å². The van der Waals surface area contributed by atoms with Gasteiger partial charge in [-0.2, -0.15) is 18.4 Å². The van der Waals surface area contributed by atoms with Crippen molar-refractivity contribution in [2.45, 2.75) is 55.9 Å². The third-order valence-electron chi connectivity index (χ3n) is 8.38. The molecule has 5 rings (SSSR count). The Hall–Kier alpha value is -3.19. The van der Waals surface area contributed by atoms with Crippen LogP contribution in [0.1, 0.15) is 48.8 Å². The number of hydrogen-bond donors (Lipinski definition) is 1. The molecule has 4 atom stereocenters. The molecule has 2 saturated carbocycles. The van der Waals surface area contributed by atoms with Crippen LogP contribution in [-0.4, -0.2) is 54.2 Å². The second-order valence-electron chi connectivity index (χ2n) is 10.7.